The van der Waals surface area contributed by atoms with Gasteiger partial charge in [0.1, 0.15) is 18.2 Å². The SMILES string of the molecule is CC(C)n1nnnc1COc1cccc(C(=O)Nc2ccccn2)c1. The van der Waals surface area contributed by atoms with Crippen LogP contribution in [0.1, 0.15) is 36.1 Å². The number of aromatic nitrogens is 5. The molecule has 0 aliphatic heterocycles. The van der Waals surface area contributed by atoms with Gasteiger partial charge < -0.3 is 10.1 Å². The fraction of sp³-hybridized carbons (Fsp3) is 0.235. The molecule has 0 aliphatic carbocycles. The summed E-state index contributed by atoms with van der Waals surface area (Å²) < 4.78 is 7.42. The van der Waals surface area contributed by atoms with Crippen LogP contribution in [0.25, 0.3) is 0 Å². The molecule has 0 atom stereocenters. The second-order valence-electron chi connectivity index (χ2n) is 5.62. The van der Waals surface area contributed by atoms with Crippen LogP contribution in [0.3, 0.4) is 0 Å². The van der Waals surface area contributed by atoms with Crippen molar-refractivity contribution < 1.29 is 9.53 Å². The van der Waals surface area contributed by atoms with E-state index in [1.54, 1.807) is 53.3 Å². The number of hydrogen-bond acceptors (Lipinski definition) is 6. The fourth-order valence-corrected chi connectivity index (χ4v) is 2.21. The maximum atomic E-state index is 12.3. The molecule has 1 amide bonds. The minimum absolute atomic E-state index is 0.143. The molecule has 3 aromatic rings. The maximum Gasteiger partial charge on any atom is 0.256 e. The van der Waals surface area contributed by atoms with Gasteiger partial charge in [0.25, 0.3) is 5.91 Å². The molecule has 0 radical (unpaired) electrons. The van der Waals surface area contributed by atoms with Gasteiger partial charge >= 0.3 is 0 Å². The van der Waals surface area contributed by atoms with Gasteiger partial charge in [-0.15, -0.1) is 5.10 Å². The smallest absolute Gasteiger partial charge is 0.256 e. The Morgan fingerprint density at radius 3 is 2.88 bits per heavy atom. The largest absolute Gasteiger partial charge is 0.486 e. The molecule has 0 spiro atoms. The molecule has 8 nitrogen and oxygen atoms in total. The molecule has 1 aromatic carbocycles. The van der Waals surface area contributed by atoms with Gasteiger partial charge in [-0.2, -0.15) is 0 Å². The number of pyridine rings is 1. The second-order valence-corrected chi connectivity index (χ2v) is 5.62. The molecule has 8 heteroatoms. The third kappa shape index (κ3) is 4.17. The second kappa shape index (κ2) is 7.52. The monoisotopic (exact) mass is 338 g/mol. The summed E-state index contributed by atoms with van der Waals surface area (Å²) in [5.41, 5.74) is 0.478. The minimum atomic E-state index is -0.254. The van der Waals surface area contributed by atoms with Crippen molar-refractivity contribution in [2.45, 2.75) is 26.5 Å². The van der Waals surface area contributed by atoms with Crippen LogP contribution in [0.2, 0.25) is 0 Å². The molecule has 2 aromatic heterocycles. The van der Waals surface area contributed by atoms with Gasteiger partial charge in [0.05, 0.1) is 6.04 Å². The van der Waals surface area contributed by atoms with Crippen LogP contribution in [0.5, 0.6) is 5.75 Å². The van der Waals surface area contributed by atoms with E-state index in [1.165, 1.54) is 0 Å². The van der Waals surface area contributed by atoms with Crippen molar-refractivity contribution in [2.75, 3.05) is 5.32 Å². The highest BCUT2D eigenvalue weighted by Crippen LogP contribution is 2.16. The highest BCUT2D eigenvalue weighted by Gasteiger charge is 2.11. The minimum Gasteiger partial charge on any atom is -0.486 e. The molecule has 25 heavy (non-hydrogen) atoms. The highest BCUT2D eigenvalue weighted by atomic mass is 16.5. The Morgan fingerprint density at radius 1 is 1.24 bits per heavy atom. The lowest BCUT2D eigenvalue weighted by molar-refractivity contribution is 0.102. The third-order valence-corrected chi connectivity index (χ3v) is 3.42. The number of ether oxygens (including phenoxy) is 1. The molecule has 0 aliphatic rings. The summed E-state index contributed by atoms with van der Waals surface area (Å²) in [5, 5.41) is 14.3. The van der Waals surface area contributed by atoms with Crippen molar-refractivity contribution in [3.8, 4) is 5.75 Å². The van der Waals surface area contributed by atoms with Crippen LogP contribution >= 0.6 is 0 Å². The lowest BCUT2D eigenvalue weighted by Gasteiger charge is -2.10. The first kappa shape index (κ1) is 16.6. The first-order chi connectivity index (χ1) is 12.1. The van der Waals surface area contributed by atoms with Gasteiger partial charge in [-0.3, -0.25) is 4.79 Å². The van der Waals surface area contributed by atoms with Gasteiger partial charge in [0.15, 0.2) is 5.82 Å². The van der Waals surface area contributed by atoms with Gasteiger partial charge in [-0.25, -0.2) is 9.67 Å². The van der Waals surface area contributed by atoms with Crippen LogP contribution in [-0.4, -0.2) is 31.1 Å². The van der Waals surface area contributed by atoms with Gasteiger partial charge in [0.2, 0.25) is 0 Å². The first-order valence-corrected chi connectivity index (χ1v) is 7.85. The Balaban J connectivity index is 1.67. The Labute approximate surface area is 144 Å². The highest BCUT2D eigenvalue weighted by molar-refractivity contribution is 6.03. The topological polar surface area (TPSA) is 94.8 Å². The van der Waals surface area contributed by atoms with Gasteiger partial charge in [-0.1, -0.05) is 12.1 Å². The van der Waals surface area contributed by atoms with E-state index < -0.39 is 0 Å². The lowest BCUT2D eigenvalue weighted by Crippen LogP contribution is -2.13. The van der Waals surface area contributed by atoms with E-state index in [1.807, 2.05) is 13.8 Å². The number of nitrogens with one attached hydrogen (secondary N) is 1. The number of rotatable bonds is 6. The van der Waals surface area contributed by atoms with E-state index in [9.17, 15) is 4.79 Å². The fourth-order valence-electron chi connectivity index (χ4n) is 2.21. The average molecular weight is 338 g/mol. The number of carbonyl (C=O) groups is 1. The number of benzene rings is 1. The van der Waals surface area contributed by atoms with Crippen LogP contribution in [0, 0.1) is 0 Å². The van der Waals surface area contributed by atoms with E-state index in [0.717, 1.165) is 0 Å². The Hall–Kier alpha value is -3.29. The summed E-state index contributed by atoms with van der Waals surface area (Å²) in [5.74, 6) is 1.43. The molecule has 128 valence electrons. The van der Waals surface area contributed by atoms with E-state index in [0.29, 0.717) is 23.0 Å². The number of carbonyl (C=O) groups excluding carboxylic acids is 1. The van der Waals surface area contributed by atoms with Crippen LogP contribution in [0.4, 0.5) is 5.82 Å². The van der Waals surface area contributed by atoms with Crippen molar-refractivity contribution in [3.63, 3.8) is 0 Å². The molecule has 3 rings (SSSR count). The number of amides is 1. The average Bonchev–Trinajstić information content (AvgIpc) is 3.10. The summed E-state index contributed by atoms with van der Waals surface area (Å²) in [6, 6.07) is 12.4. The molecular formula is C17H18N6O2. The van der Waals surface area contributed by atoms with E-state index in [-0.39, 0.29) is 18.6 Å². The van der Waals surface area contributed by atoms with E-state index >= 15 is 0 Å². The van der Waals surface area contributed by atoms with E-state index in [4.69, 9.17) is 4.74 Å². The van der Waals surface area contributed by atoms with Crippen molar-refractivity contribution in [1.82, 2.24) is 25.2 Å². The molecule has 0 saturated heterocycles. The Kier molecular flexibility index (Phi) is 4.98. The number of tetrazole rings is 1. The number of nitrogens with zero attached hydrogens (tertiary/aromatic N) is 5. The summed E-state index contributed by atoms with van der Waals surface area (Å²) in [6.07, 6.45) is 1.62. The quantitative estimate of drug-likeness (QED) is 0.742. The van der Waals surface area contributed by atoms with Crippen molar-refractivity contribution in [2.24, 2.45) is 0 Å². The standard InChI is InChI=1S/C17H18N6O2/c1-12(2)23-16(20-21-22-23)11-25-14-7-5-6-13(10-14)17(24)19-15-8-3-4-9-18-15/h3-10,12H,11H2,1-2H3,(H,18,19,24). The molecule has 0 bridgehead atoms. The summed E-state index contributed by atoms with van der Waals surface area (Å²) in [4.78, 5) is 16.4. The maximum absolute atomic E-state index is 12.3. The van der Waals surface area contributed by atoms with Crippen LogP contribution < -0.4 is 10.1 Å². The molecule has 0 saturated carbocycles. The van der Waals surface area contributed by atoms with Gasteiger partial charge in [0, 0.05) is 11.8 Å². The predicted octanol–water partition coefficient (Wildman–Crippen LogP) is 2.48. The number of hydrogen-bond donors (Lipinski definition) is 1. The summed E-state index contributed by atoms with van der Waals surface area (Å²) in [6.45, 7) is 4.20. The summed E-state index contributed by atoms with van der Waals surface area (Å²) >= 11 is 0. The predicted molar refractivity (Wildman–Crippen MR) is 91.2 cm³/mol. The van der Waals surface area contributed by atoms with Gasteiger partial charge in [-0.05, 0) is 54.6 Å². The van der Waals surface area contributed by atoms with Crippen LogP contribution in [0.15, 0.2) is 48.7 Å². The van der Waals surface area contributed by atoms with Crippen molar-refractivity contribution in [1.29, 1.82) is 0 Å². The van der Waals surface area contributed by atoms with Crippen LogP contribution in [-0.2, 0) is 6.61 Å². The third-order valence-electron chi connectivity index (χ3n) is 3.42. The number of anilines is 1. The van der Waals surface area contributed by atoms with Crippen molar-refractivity contribution >= 4 is 11.7 Å². The Morgan fingerprint density at radius 2 is 2.12 bits per heavy atom. The normalized spacial score (nSPS) is 10.7. The summed E-state index contributed by atoms with van der Waals surface area (Å²) in [7, 11) is 0. The molecular weight excluding hydrogens is 320 g/mol. The first-order valence-electron chi connectivity index (χ1n) is 7.85. The van der Waals surface area contributed by atoms with E-state index in [2.05, 4.69) is 25.8 Å². The molecule has 0 unspecified atom stereocenters. The zero-order valence-electron chi connectivity index (χ0n) is 14.0. The molecule has 1 N–H and O–H groups in total. The molecule has 2 heterocycles. The lowest BCUT2D eigenvalue weighted by atomic mass is 10.2. The zero-order valence-corrected chi connectivity index (χ0v) is 14.0. The zero-order chi connectivity index (χ0) is 17.6. The van der Waals surface area contributed by atoms with Crippen molar-refractivity contribution in [3.05, 3.63) is 60.0 Å². The molecule has 0 fully saturated rings. The Bertz CT molecular complexity index is 847.